The third-order valence-corrected chi connectivity index (χ3v) is 6.15. The smallest absolute Gasteiger partial charge is 0.337 e. The fourth-order valence-corrected chi connectivity index (χ4v) is 4.41. The lowest BCUT2D eigenvalue weighted by atomic mass is 10.1. The number of carboxylic acids is 1. The number of anilines is 2. The topological polar surface area (TPSA) is 150 Å². The summed E-state index contributed by atoms with van der Waals surface area (Å²) in [6.07, 6.45) is 4.05. The number of aromatic carboxylic acids is 1. The SMILES string of the molecule is CCCCCCNc1ccc(NS(=O)(=O)CS(=O)(=O)O)cc1C(=O)O. The van der Waals surface area contributed by atoms with E-state index in [-0.39, 0.29) is 11.3 Å². The lowest BCUT2D eigenvalue weighted by Crippen LogP contribution is -2.22. The fourth-order valence-electron chi connectivity index (χ4n) is 2.12. The van der Waals surface area contributed by atoms with Crippen molar-refractivity contribution in [1.82, 2.24) is 0 Å². The summed E-state index contributed by atoms with van der Waals surface area (Å²) in [7, 11) is -9.11. The first-order chi connectivity index (χ1) is 11.5. The Bertz CT molecular complexity index is 804. The molecule has 0 unspecified atom stereocenters. The molecule has 0 spiro atoms. The molecular formula is C14H22N2O7S2. The zero-order valence-electron chi connectivity index (χ0n) is 13.7. The maximum Gasteiger partial charge on any atom is 0.337 e. The van der Waals surface area contributed by atoms with E-state index in [1.54, 1.807) is 0 Å². The molecule has 0 radical (unpaired) electrons. The Labute approximate surface area is 147 Å². The Morgan fingerprint density at radius 3 is 2.36 bits per heavy atom. The first-order valence-corrected chi connectivity index (χ1v) is 10.9. The molecule has 0 saturated heterocycles. The van der Waals surface area contributed by atoms with E-state index in [1.807, 2.05) is 4.72 Å². The van der Waals surface area contributed by atoms with Gasteiger partial charge < -0.3 is 10.4 Å². The molecule has 142 valence electrons. The minimum Gasteiger partial charge on any atom is -0.478 e. The summed E-state index contributed by atoms with van der Waals surface area (Å²) < 4.78 is 55.2. The van der Waals surface area contributed by atoms with Crippen LogP contribution < -0.4 is 10.0 Å². The zero-order valence-corrected chi connectivity index (χ0v) is 15.4. The summed E-state index contributed by atoms with van der Waals surface area (Å²) in [6, 6.07) is 3.79. The fraction of sp³-hybridized carbons (Fsp3) is 0.500. The number of hydrogen-bond acceptors (Lipinski definition) is 6. The van der Waals surface area contributed by atoms with Gasteiger partial charge in [-0.15, -0.1) is 0 Å². The van der Waals surface area contributed by atoms with Crippen LogP contribution in [0.15, 0.2) is 18.2 Å². The second-order valence-electron chi connectivity index (χ2n) is 5.47. The van der Waals surface area contributed by atoms with Crippen LogP contribution in [-0.4, -0.2) is 44.1 Å². The second-order valence-corrected chi connectivity index (χ2v) is 9.01. The predicted molar refractivity (Wildman–Crippen MR) is 95.0 cm³/mol. The Hall–Kier alpha value is -1.85. The van der Waals surface area contributed by atoms with Gasteiger partial charge in [0.2, 0.25) is 10.0 Å². The molecular weight excluding hydrogens is 372 g/mol. The minimum atomic E-state index is -4.74. The highest BCUT2D eigenvalue weighted by Gasteiger charge is 2.21. The highest BCUT2D eigenvalue weighted by atomic mass is 32.3. The number of hydrogen-bond donors (Lipinski definition) is 4. The number of rotatable bonds is 11. The van der Waals surface area contributed by atoms with Gasteiger partial charge in [0.1, 0.15) is 0 Å². The van der Waals surface area contributed by atoms with Gasteiger partial charge >= 0.3 is 5.97 Å². The van der Waals surface area contributed by atoms with E-state index in [9.17, 15) is 26.7 Å². The van der Waals surface area contributed by atoms with Crippen molar-refractivity contribution < 1.29 is 31.3 Å². The molecule has 11 heteroatoms. The summed E-state index contributed by atoms with van der Waals surface area (Å²) in [5.41, 5.74) is 0.0712. The van der Waals surface area contributed by atoms with Crippen LogP contribution in [0, 0.1) is 0 Å². The van der Waals surface area contributed by atoms with Crippen molar-refractivity contribution in [1.29, 1.82) is 0 Å². The van der Waals surface area contributed by atoms with E-state index in [0.717, 1.165) is 31.7 Å². The number of unbranched alkanes of at least 4 members (excludes halogenated alkanes) is 3. The van der Waals surface area contributed by atoms with Crippen molar-refractivity contribution in [3.8, 4) is 0 Å². The Morgan fingerprint density at radius 2 is 1.80 bits per heavy atom. The van der Waals surface area contributed by atoms with Crippen LogP contribution >= 0.6 is 0 Å². The summed E-state index contributed by atoms with van der Waals surface area (Å²) in [5.74, 6) is -1.26. The highest BCUT2D eigenvalue weighted by Crippen LogP contribution is 2.22. The summed E-state index contributed by atoms with van der Waals surface area (Å²) >= 11 is 0. The molecule has 0 bridgehead atoms. The normalized spacial score (nSPS) is 11.9. The van der Waals surface area contributed by atoms with Gasteiger partial charge in [-0.1, -0.05) is 26.2 Å². The van der Waals surface area contributed by atoms with Gasteiger partial charge in [-0.25, -0.2) is 13.2 Å². The standard InChI is InChI=1S/C14H22N2O7S2/c1-2-3-4-5-8-15-13-7-6-11(9-12(13)14(17)18)16-24(19,20)10-25(21,22)23/h6-7,9,15-16H,2-5,8,10H2,1H3,(H,17,18)(H,21,22,23). The molecule has 0 fully saturated rings. The van der Waals surface area contributed by atoms with Crippen molar-refractivity contribution in [2.24, 2.45) is 0 Å². The Balaban J connectivity index is 2.88. The monoisotopic (exact) mass is 394 g/mol. The Kier molecular flexibility index (Phi) is 7.64. The average molecular weight is 394 g/mol. The third-order valence-electron chi connectivity index (χ3n) is 3.17. The molecule has 0 aliphatic carbocycles. The number of nitrogens with one attached hydrogen (secondary N) is 2. The van der Waals surface area contributed by atoms with Crippen LogP contribution in [0.3, 0.4) is 0 Å². The minimum absolute atomic E-state index is 0.113. The number of carboxylic acid groups (broad SMARTS) is 1. The van der Waals surface area contributed by atoms with Crippen LogP contribution in [-0.2, 0) is 20.1 Å². The summed E-state index contributed by atoms with van der Waals surface area (Å²) in [5, 5.41) is 10.7. The first-order valence-electron chi connectivity index (χ1n) is 7.61. The maximum absolute atomic E-state index is 11.6. The van der Waals surface area contributed by atoms with Crippen LogP contribution in [0.25, 0.3) is 0 Å². The first kappa shape index (κ1) is 21.2. The largest absolute Gasteiger partial charge is 0.478 e. The number of sulfonamides is 1. The molecule has 1 aromatic rings. The van der Waals surface area contributed by atoms with Gasteiger partial charge in [-0.3, -0.25) is 9.27 Å². The van der Waals surface area contributed by atoms with Crippen LogP contribution in [0.2, 0.25) is 0 Å². The molecule has 1 rings (SSSR count). The molecule has 0 heterocycles. The van der Waals surface area contributed by atoms with Crippen LogP contribution in [0.1, 0.15) is 43.0 Å². The maximum atomic E-state index is 11.6. The van der Waals surface area contributed by atoms with Crippen LogP contribution in [0.5, 0.6) is 0 Å². The average Bonchev–Trinajstić information content (AvgIpc) is 2.45. The summed E-state index contributed by atoms with van der Waals surface area (Å²) in [6.45, 7) is 2.66. The van der Waals surface area contributed by atoms with Crippen LogP contribution in [0.4, 0.5) is 11.4 Å². The van der Waals surface area contributed by atoms with Crippen molar-refractivity contribution >= 4 is 37.5 Å². The van der Waals surface area contributed by atoms with E-state index in [4.69, 9.17) is 4.55 Å². The molecule has 4 N–H and O–H groups in total. The van der Waals surface area contributed by atoms with Crippen molar-refractivity contribution in [3.05, 3.63) is 23.8 Å². The van der Waals surface area contributed by atoms with E-state index in [2.05, 4.69) is 12.2 Å². The van der Waals surface area contributed by atoms with E-state index in [0.29, 0.717) is 12.2 Å². The lowest BCUT2D eigenvalue weighted by molar-refractivity contribution is 0.0698. The predicted octanol–water partition coefficient (Wildman–Crippen LogP) is 1.96. The van der Waals surface area contributed by atoms with Gasteiger partial charge in [0.15, 0.2) is 5.08 Å². The highest BCUT2D eigenvalue weighted by molar-refractivity contribution is 8.06. The molecule has 0 amide bonds. The van der Waals surface area contributed by atoms with Gasteiger partial charge in [0.25, 0.3) is 10.1 Å². The number of carbonyl (C=O) groups is 1. The molecule has 0 aromatic heterocycles. The molecule has 25 heavy (non-hydrogen) atoms. The molecule has 0 saturated carbocycles. The van der Waals surface area contributed by atoms with Gasteiger partial charge in [0.05, 0.1) is 5.56 Å². The van der Waals surface area contributed by atoms with Gasteiger partial charge in [-0.2, -0.15) is 8.42 Å². The second kappa shape index (κ2) is 9.02. The van der Waals surface area contributed by atoms with Crippen molar-refractivity contribution in [3.63, 3.8) is 0 Å². The van der Waals surface area contributed by atoms with Gasteiger partial charge in [0, 0.05) is 17.9 Å². The molecule has 9 nitrogen and oxygen atoms in total. The van der Waals surface area contributed by atoms with Crippen molar-refractivity contribution in [2.75, 3.05) is 21.7 Å². The quantitative estimate of drug-likeness (QED) is 0.328. The Morgan fingerprint density at radius 1 is 1.12 bits per heavy atom. The zero-order chi connectivity index (χ0) is 19.1. The van der Waals surface area contributed by atoms with Crippen molar-refractivity contribution in [2.45, 2.75) is 32.6 Å². The van der Waals surface area contributed by atoms with E-state index < -0.39 is 31.2 Å². The molecule has 0 aliphatic heterocycles. The number of benzene rings is 1. The van der Waals surface area contributed by atoms with E-state index >= 15 is 0 Å². The molecule has 0 atom stereocenters. The lowest BCUT2D eigenvalue weighted by Gasteiger charge is -2.12. The van der Waals surface area contributed by atoms with E-state index in [1.165, 1.54) is 12.1 Å². The third kappa shape index (κ3) is 8.18. The molecule has 1 aromatic carbocycles. The van der Waals surface area contributed by atoms with Gasteiger partial charge in [-0.05, 0) is 24.6 Å². The molecule has 0 aliphatic rings. The summed E-state index contributed by atoms with van der Waals surface area (Å²) in [4.78, 5) is 11.4.